The molecule has 0 aromatic carbocycles. The first-order valence-electron chi connectivity index (χ1n) is 5.79. The van der Waals surface area contributed by atoms with Crippen LogP contribution in [0.3, 0.4) is 0 Å². The molecule has 1 fully saturated rings. The zero-order chi connectivity index (χ0) is 11.4. The molecule has 0 amide bonds. The Kier molecular flexibility index (Phi) is 3.66. The Hall–Kier alpha value is -1.23. The minimum atomic E-state index is 0.308. The minimum absolute atomic E-state index is 0.308. The third-order valence-electron chi connectivity index (χ3n) is 2.96. The highest BCUT2D eigenvalue weighted by Gasteiger charge is 2.19. The average molecular weight is 222 g/mol. The van der Waals surface area contributed by atoms with E-state index in [1.807, 2.05) is 0 Å². The average Bonchev–Trinajstić information content (AvgIpc) is 2.30. The number of hydrogen-bond donors (Lipinski definition) is 1. The van der Waals surface area contributed by atoms with Gasteiger partial charge in [0, 0.05) is 13.0 Å². The number of methoxy groups -OCH3 is 1. The summed E-state index contributed by atoms with van der Waals surface area (Å²) in [5.74, 6) is 2.24. The molecule has 2 N–H and O–H groups in total. The number of ether oxygens (including phenoxy) is 1. The number of rotatable bonds is 3. The molecule has 1 aromatic heterocycles. The molecule has 16 heavy (non-hydrogen) atoms. The molecule has 0 spiro atoms. The fourth-order valence-electron chi connectivity index (χ4n) is 2.19. The van der Waals surface area contributed by atoms with Crippen molar-refractivity contribution in [1.82, 2.24) is 15.0 Å². The van der Waals surface area contributed by atoms with Gasteiger partial charge in [-0.1, -0.05) is 19.3 Å². The van der Waals surface area contributed by atoms with Crippen LogP contribution in [0.25, 0.3) is 0 Å². The largest absolute Gasteiger partial charge is 0.377 e. The van der Waals surface area contributed by atoms with Gasteiger partial charge in [0.15, 0.2) is 5.82 Å². The number of nitrogens with zero attached hydrogens (tertiary/aromatic N) is 3. The first kappa shape index (κ1) is 11.3. The lowest BCUT2D eigenvalue weighted by atomic mass is 9.89. The first-order chi connectivity index (χ1) is 7.79. The van der Waals surface area contributed by atoms with E-state index in [9.17, 15) is 0 Å². The van der Waals surface area contributed by atoms with Crippen LogP contribution in [0.4, 0.5) is 5.95 Å². The summed E-state index contributed by atoms with van der Waals surface area (Å²) >= 11 is 0. The van der Waals surface area contributed by atoms with E-state index in [4.69, 9.17) is 10.5 Å². The van der Waals surface area contributed by atoms with Crippen LogP contribution in [0.15, 0.2) is 0 Å². The summed E-state index contributed by atoms with van der Waals surface area (Å²) in [6, 6.07) is 0. The third-order valence-corrected chi connectivity index (χ3v) is 2.96. The zero-order valence-electron chi connectivity index (χ0n) is 9.65. The molecule has 2 rings (SSSR count). The van der Waals surface area contributed by atoms with Gasteiger partial charge in [-0.05, 0) is 12.8 Å². The fraction of sp³-hybridized carbons (Fsp3) is 0.727. The molecule has 1 heterocycles. The maximum Gasteiger partial charge on any atom is 0.223 e. The molecule has 0 unspecified atom stereocenters. The van der Waals surface area contributed by atoms with Crippen LogP contribution in [0, 0.1) is 0 Å². The van der Waals surface area contributed by atoms with Crippen LogP contribution < -0.4 is 5.73 Å². The second-order valence-corrected chi connectivity index (χ2v) is 4.24. The van der Waals surface area contributed by atoms with Crippen molar-refractivity contribution < 1.29 is 4.74 Å². The summed E-state index contributed by atoms with van der Waals surface area (Å²) < 4.78 is 5.02. The summed E-state index contributed by atoms with van der Waals surface area (Å²) in [6.07, 6.45) is 6.17. The molecule has 0 bridgehead atoms. The van der Waals surface area contributed by atoms with E-state index in [2.05, 4.69) is 15.0 Å². The van der Waals surface area contributed by atoms with Gasteiger partial charge in [-0.3, -0.25) is 0 Å². The van der Waals surface area contributed by atoms with E-state index >= 15 is 0 Å². The lowest BCUT2D eigenvalue weighted by molar-refractivity contribution is 0.177. The number of aromatic nitrogens is 3. The molecule has 5 nitrogen and oxygen atoms in total. The van der Waals surface area contributed by atoms with E-state index in [1.165, 1.54) is 19.3 Å². The Morgan fingerprint density at radius 2 is 1.94 bits per heavy atom. The van der Waals surface area contributed by atoms with E-state index in [1.54, 1.807) is 7.11 Å². The second-order valence-electron chi connectivity index (χ2n) is 4.24. The highest BCUT2D eigenvalue weighted by molar-refractivity contribution is 5.17. The van der Waals surface area contributed by atoms with Crippen molar-refractivity contribution in [3.63, 3.8) is 0 Å². The van der Waals surface area contributed by atoms with E-state index in [0.29, 0.717) is 24.3 Å². The molecular weight excluding hydrogens is 204 g/mol. The van der Waals surface area contributed by atoms with Crippen molar-refractivity contribution in [2.45, 2.75) is 44.6 Å². The standard InChI is InChI=1S/C11H18N4O/c1-16-7-9-13-10(15-11(12)14-9)8-5-3-2-4-6-8/h8H,2-7H2,1H3,(H2,12,13,14,15). The van der Waals surface area contributed by atoms with Gasteiger partial charge < -0.3 is 10.5 Å². The van der Waals surface area contributed by atoms with Crippen molar-refractivity contribution in [1.29, 1.82) is 0 Å². The number of nitrogens with two attached hydrogens (primary N) is 1. The molecule has 0 aliphatic heterocycles. The van der Waals surface area contributed by atoms with Crippen LogP contribution in [0.1, 0.15) is 49.7 Å². The van der Waals surface area contributed by atoms with Gasteiger partial charge >= 0.3 is 0 Å². The number of nitrogen functional groups attached to an aromatic ring is 1. The van der Waals surface area contributed by atoms with Gasteiger partial charge in [-0.15, -0.1) is 0 Å². The Morgan fingerprint density at radius 1 is 1.19 bits per heavy atom. The van der Waals surface area contributed by atoms with Crippen molar-refractivity contribution in [2.75, 3.05) is 12.8 Å². The number of hydrogen-bond acceptors (Lipinski definition) is 5. The van der Waals surface area contributed by atoms with Crippen LogP contribution in [-0.4, -0.2) is 22.1 Å². The summed E-state index contributed by atoms with van der Waals surface area (Å²) in [6.45, 7) is 0.395. The molecule has 88 valence electrons. The molecule has 1 aromatic rings. The zero-order valence-corrected chi connectivity index (χ0v) is 9.65. The second kappa shape index (κ2) is 5.21. The Bertz CT molecular complexity index is 350. The van der Waals surface area contributed by atoms with Gasteiger partial charge in [-0.2, -0.15) is 9.97 Å². The molecule has 1 aliphatic carbocycles. The maximum atomic E-state index is 5.68. The highest BCUT2D eigenvalue weighted by Crippen LogP contribution is 2.30. The lowest BCUT2D eigenvalue weighted by Crippen LogP contribution is -2.13. The molecule has 5 heteroatoms. The fourth-order valence-corrected chi connectivity index (χ4v) is 2.19. The van der Waals surface area contributed by atoms with Gasteiger partial charge in [0.1, 0.15) is 12.4 Å². The Labute approximate surface area is 95.5 Å². The summed E-state index contributed by atoms with van der Waals surface area (Å²) in [5.41, 5.74) is 5.68. The molecule has 0 atom stereocenters. The van der Waals surface area contributed by atoms with E-state index in [0.717, 1.165) is 18.7 Å². The minimum Gasteiger partial charge on any atom is -0.377 e. The van der Waals surface area contributed by atoms with Crippen molar-refractivity contribution >= 4 is 5.95 Å². The summed E-state index contributed by atoms with van der Waals surface area (Å²) in [4.78, 5) is 12.7. The SMILES string of the molecule is COCc1nc(N)nc(C2CCCCC2)n1. The van der Waals surface area contributed by atoms with Crippen molar-refractivity contribution in [3.05, 3.63) is 11.6 Å². The monoisotopic (exact) mass is 222 g/mol. The first-order valence-corrected chi connectivity index (χ1v) is 5.79. The molecule has 0 saturated heterocycles. The molecular formula is C11H18N4O. The van der Waals surface area contributed by atoms with Crippen LogP contribution in [0.2, 0.25) is 0 Å². The smallest absolute Gasteiger partial charge is 0.223 e. The quantitative estimate of drug-likeness (QED) is 0.841. The predicted molar refractivity (Wildman–Crippen MR) is 60.8 cm³/mol. The van der Waals surface area contributed by atoms with Crippen molar-refractivity contribution in [2.24, 2.45) is 0 Å². The Morgan fingerprint density at radius 3 is 2.62 bits per heavy atom. The molecule has 1 saturated carbocycles. The maximum absolute atomic E-state index is 5.68. The lowest BCUT2D eigenvalue weighted by Gasteiger charge is -2.20. The van der Waals surface area contributed by atoms with Gasteiger partial charge in [0.05, 0.1) is 0 Å². The van der Waals surface area contributed by atoms with Crippen LogP contribution >= 0.6 is 0 Å². The molecule has 1 aliphatic rings. The predicted octanol–water partition coefficient (Wildman–Crippen LogP) is 1.65. The third kappa shape index (κ3) is 2.66. The molecule has 0 radical (unpaired) electrons. The van der Waals surface area contributed by atoms with Gasteiger partial charge in [0.2, 0.25) is 5.95 Å². The Balaban J connectivity index is 2.18. The summed E-state index contributed by atoms with van der Waals surface area (Å²) in [7, 11) is 1.63. The highest BCUT2D eigenvalue weighted by atomic mass is 16.5. The number of anilines is 1. The van der Waals surface area contributed by atoms with Crippen LogP contribution in [-0.2, 0) is 11.3 Å². The van der Waals surface area contributed by atoms with Crippen LogP contribution in [0.5, 0.6) is 0 Å². The normalized spacial score (nSPS) is 17.6. The topological polar surface area (TPSA) is 73.9 Å². The van der Waals surface area contributed by atoms with Gasteiger partial charge in [-0.25, -0.2) is 4.98 Å². The van der Waals surface area contributed by atoms with E-state index < -0.39 is 0 Å². The summed E-state index contributed by atoms with van der Waals surface area (Å²) in [5, 5.41) is 0. The van der Waals surface area contributed by atoms with E-state index in [-0.39, 0.29) is 0 Å². The van der Waals surface area contributed by atoms with Gasteiger partial charge in [0.25, 0.3) is 0 Å². The van der Waals surface area contributed by atoms with Crippen molar-refractivity contribution in [3.8, 4) is 0 Å².